The van der Waals surface area contributed by atoms with Gasteiger partial charge in [0.25, 0.3) is 0 Å². The van der Waals surface area contributed by atoms with Gasteiger partial charge in [-0.3, -0.25) is 4.79 Å². The zero-order chi connectivity index (χ0) is 12.8. The molecule has 0 aliphatic heterocycles. The van der Waals surface area contributed by atoms with Crippen LogP contribution in [0.3, 0.4) is 0 Å². The number of nitrogens with one attached hydrogen (secondary N) is 1. The third-order valence-electron chi connectivity index (χ3n) is 2.62. The molecule has 0 bridgehead atoms. The Hall–Kier alpha value is -1.26. The zero-order valence-corrected chi connectivity index (χ0v) is 11.6. The van der Waals surface area contributed by atoms with E-state index in [9.17, 15) is 4.79 Å². The summed E-state index contributed by atoms with van der Waals surface area (Å²) in [5.41, 5.74) is 2.29. The molecular formula is C14H15NOS2. The average Bonchev–Trinajstić information content (AvgIpc) is 2.85. The Morgan fingerprint density at radius 2 is 1.94 bits per heavy atom. The first-order valence-electron chi connectivity index (χ1n) is 5.80. The molecule has 0 atom stereocenters. The maximum absolute atomic E-state index is 11.7. The second-order valence-electron chi connectivity index (χ2n) is 4.07. The van der Waals surface area contributed by atoms with E-state index in [1.807, 2.05) is 24.3 Å². The summed E-state index contributed by atoms with van der Waals surface area (Å²) in [6.45, 7) is 0.695. The van der Waals surface area contributed by atoms with Crippen molar-refractivity contribution in [1.29, 1.82) is 0 Å². The van der Waals surface area contributed by atoms with E-state index >= 15 is 0 Å². The third kappa shape index (κ3) is 4.20. The van der Waals surface area contributed by atoms with Crippen LogP contribution in [0.4, 0.5) is 0 Å². The largest absolute Gasteiger partial charge is 0.355 e. The lowest BCUT2D eigenvalue weighted by atomic mass is 10.1. The van der Waals surface area contributed by atoms with E-state index in [4.69, 9.17) is 0 Å². The Bertz CT molecular complexity index is 491. The first kappa shape index (κ1) is 13.2. The molecule has 1 aromatic carbocycles. The van der Waals surface area contributed by atoms with Crippen molar-refractivity contribution in [3.8, 4) is 0 Å². The van der Waals surface area contributed by atoms with Crippen molar-refractivity contribution in [2.45, 2.75) is 17.7 Å². The molecule has 1 amide bonds. The topological polar surface area (TPSA) is 29.1 Å². The fraction of sp³-hybridized carbons (Fsp3) is 0.214. The van der Waals surface area contributed by atoms with Crippen LogP contribution in [0.25, 0.3) is 0 Å². The Morgan fingerprint density at radius 3 is 2.61 bits per heavy atom. The smallest absolute Gasteiger partial charge is 0.224 e. The molecule has 0 aliphatic rings. The lowest BCUT2D eigenvalue weighted by molar-refractivity contribution is -0.120. The summed E-state index contributed by atoms with van der Waals surface area (Å²) in [6, 6.07) is 9.75. The molecule has 0 aliphatic carbocycles. The van der Waals surface area contributed by atoms with Crippen molar-refractivity contribution in [2.75, 3.05) is 6.54 Å². The van der Waals surface area contributed by atoms with Gasteiger partial charge < -0.3 is 5.32 Å². The number of carbonyl (C=O) groups is 1. The Kier molecular flexibility index (Phi) is 4.84. The van der Waals surface area contributed by atoms with Crippen LogP contribution in [0.1, 0.15) is 11.1 Å². The minimum Gasteiger partial charge on any atom is -0.355 e. The van der Waals surface area contributed by atoms with E-state index in [1.165, 1.54) is 5.56 Å². The highest BCUT2D eigenvalue weighted by molar-refractivity contribution is 7.80. The SMILES string of the molecule is O=C(Cc1ccc(S)cc1)NCCc1ccsc1. The molecule has 4 heteroatoms. The molecule has 2 nitrogen and oxygen atoms in total. The van der Waals surface area contributed by atoms with E-state index in [2.05, 4.69) is 34.8 Å². The van der Waals surface area contributed by atoms with Gasteiger partial charge >= 0.3 is 0 Å². The molecule has 0 fully saturated rings. The number of hydrogen-bond acceptors (Lipinski definition) is 3. The van der Waals surface area contributed by atoms with Gasteiger partial charge in [-0.15, -0.1) is 12.6 Å². The van der Waals surface area contributed by atoms with Gasteiger partial charge in [0.15, 0.2) is 0 Å². The van der Waals surface area contributed by atoms with Crippen LogP contribution in [0.5, 0.6) is 0 Å². The van der Waals surface area contributed by atoms with Gasteiger partial charge in [-0.05, 0) is 46.5 Å². The zero-order valence-electron chi connectivity index (χ0n) is 9.93. The second-order valence-corrected chi connectivity index (χ2v) is 5.37. The molecule has 1 N–H and O–H groups in total. The molecular weight excluding hydrogens is 262 g/mol. The summed E-state index contributed by atoms with van der Waals surface area (Å²) < 4.78 is 0. The average molecular weight is 277 g/mol. The number of carbonyl (C=O) groups excluding carboxylic acids is 1. The molecule has 18 heavy (non-hydrogen) atoms. The normalized spacial score (nSPS) is 10.3. The standard InChI is InChI=1S/C14H15NOS2/c16-14(9-11-1-3-13(17)4-2-11)15-7-5-12-6-8-18-10-12/h1-4,6,8,10,17H,5,7,9H2,(H,15,16). The van der Waals surface area contributed by atoms with Gasteiger partial charge in [-0.25, -0.2) is 0 Å². The third-order valence-corrected chi connectivity index (χ3v) is 3.65. The number of hydrogen-bond donors (Lipinski definition) is 2. The van der Waals surface area contributed by atoms with Crippen LogP contribution in [-0.2, 0) is 17.6 Å². The maximum Gasteiger partial charge on any atom is 0.224 e. The predicted molar refractivity (Wildman–Crippen MR) is 78.4 cm³/mol. The van der Waals surface area contributed by atoms with E-state index in [-0.39, 0.29) is 5.91 Å². The highest BCUT2D eigenvalue weighted by Crippen LogP contribution is 2.08. The quantitative estimate of drug-likeness (QED) is 0.808. The minimum absolute atomic E-state index is 0.0668. The summed E-state index contributed by atoms with van der Waals surface area (Å²) in [5.74, 6) is 0.0668. The van der Waals surface area contributed by atoms with Crippen molar-refractivity contribution in [2.24, 2.45) is 0 Å². The molecule has 0 spiro atoms. The molecule has 0 radical (unpaired) electrons. The molecule has 2 rings (SSSR count). The Balaban J connectivity index is 1.73. The van der Waals surface area contributed by atoms with Crippen molar-refractivity contribution in [3.05, 3.63) is 52.2 Å². The van der Waals surface area contributed by atoms with Gasteiger partial charge in [0, 0.05) is 11.4 Å². The molecule has 94 valence electrons. The molecule has 2 aromatic rings. The van der Waals surface area contributed by atoms with Crippen molar-refractivity contribution < 1.29 is 4.79 Å². The van der Waals surface area contributed by atoms with Gasteiger partial charge in [0.2, 0.25) is 5.91 Å². The van der Waals surface area contributed by atoms with Crippen molar-refractivity contribution in [1.82, 2.24) is 5.32 Å². The molecule has 0 unspecified atom stereocenters. The summed E-state index contributed by atoms with van der Waals surface area (Å²) >= 11 is 5.90. The Labute approximate surface area is 116 Å². The lowest BCUT2D eigenvalue weighted by Crippen LogP contribution is -2.27. The summed E-state index contributed by atoms with van der Waals surface area (Å²) in [6.07, 6.45) is 1.32. The van der Waals surface area contributed by atoms with Gasteiger partial charge in [0.1, 0.15) is 0 Å². The van der Waals surface area contributed by atoms with Crippen LogP contribution < -0.4 is 5.32 Å². The highest BCUT2D eigenvalue weighted by Gasteiger charge is 2.02. The summed E-state index contributed by atoms with van der Waals surface area (Å²) in [5, 5.41) is 7.09. The lowest BCUT2D eigenvalue weighted by Gasteiger charge is -2.04. The van der Waals surface area contributed by atoms with Crippen molar-refractivity contribution in [3.63, 3.8) is 0 Å². The van der Waals surface area contributed by atoms with E-state index in [1.54, 1.807) is 11.3 Å². The van der Waals surface area contributed by atoms with Gasteiger partial charge in [-0.2, -0.15) is 11.3 Å². The maximum atomic E-state index is 11.7. The second kappa shape index (κ2) is 6.61. The first-order valence-corrected chi connectivity index (χ1v) is 7.19. The van der Waals surface area contributed by atoms with E-state index in [0.29, 0.717) is 13.0 Å². The number of amides is 1. The number of thiol groups is 1. The fourth-order valence-corrected chi connectivity index (χ4v) is 2.50. The van der Waals surface area contributed by atoms with Crippen LogP contribution in [0, 0.1) is 0 Å². The molecule has 1 heterocycles. The fourth-order valence-electron chi connectivity index (χ4n) is 1.64. The van der Waals surface area contributed by atoms with Crippen LogP contribution in [-0.4, -0.2) is 12.5 Å². The van der Waals surface area contributed by atoms with E-state index < -0.39 is 0 Å². The Morgan fingerprint density at radius 1 is 1.17 bits per heavy atom. The van der Waals surface area contributed by atoms with E-state index in [0.717, 1.165) is 16.9 Å². The molecule has 0 saturated heterocycles. The van der Waals surface area contributed by atoms with Crippen LogP contribution in [0.15, 0.2) is 46.0 Å². The summed E-state index contributed by atoms with van der Waals surface area (Å²) in [4.78, 5) is 12.6. The monoisotopic (exact) mass is 277 g/mol. The number of rotatable bonds is 5. The number of benzene rings is 1. The molecule has 0 saturated carbocycles. The summed E-state index contributed by atoms with van der Waals surface area (Å²) in [7, 11) is 0. The minimum atomic E-state index is 0.0668. The van der Waals surface area contributed by atoms with Crippen molar-refractivity contribution >= 4 is 29.9 Å². The highest BCUT2D eigenvalue weighted by atomic mass is 32.1. The van der Waals surface area contributed by atoms with Crippen LogP contribution >= 0.6 is 24.0 Å². The van der Waals surface area contributed by atoms with Crippen LogP contribution in [0.2, 0.25) is 0 Å². The predicted octanol–water partition coefficient (Wildman–Crippen LogP) is 2.94. The van der Waals surface area contributed by atoms with Gasteiger partial charge in [0.05, 0.1) is 6.42 Å². The van der Waals surface area contributed by atoms with Gasteiger partial charge in [-0.1, -0.05) is 12.1 Å². The number of thiophene rings is 1. The first-order chi connectivity index (χ1) is 8.74. The molecule has 1 aromatic heterocycles.